The molecular weight excluding hydrogens is 856 g/mol. The maximum Gasteiger partial charge on any atom is 0.472 e. The first-order valence-corrected chi connectivity index (χ1v) is 27.3. The van der Waals surface area contributed by atoms with Crippen LogP contribution in [0, 0.1) is 0 Å². The molecule has 0 aliphatic carbocycles. The maximum atomic E-state index is 12.8. The van der Waals surface area contributed by atoms with Gasteiger partial charge in [-0.2, -0.15) is 0 Å². The Labute approximate surface area is 401 Å². The largest absolute Gasteiger partial charge is 0.472 e. The summed E-state index contributed by atoms with van der Waals surface area (Å²) in [5.74, 6) is -1.63. The van der Waals surface area contributed by atoms with Crippen LogP contribution < -0.4 is 0 Å². The summed E-state index contributed by atoms with van der Waals surface area (Å²) in [6.07, 6.45) is 51.9. The van der Waals surface area contributed by atoms with Crippen molar-refractivity contribution >= 4 is 25.7 Å². The van der Waals surface area contributed by atoms with Crippen LogP contribution in [-0.4, -0.2) is 66.5 Å². The summed E-state index contributed by atoms with van der Waals surface area (Å²) in [4.78, 5) is 48.2. The Hall–Kier alpha value is -3.08. The first-order chi connectivity index (χ1) is 32.2. The predicted molar refractivity (Wildman–Crippen MR) is 270 cm³/mol. The fourth-order valence-electron chi connectivity index (χ4n) is 6.72. The highest BCUT2D eigenvalue weighted by Gasteiger charge is 2.28. The van der Waals surface area contributed by atoms with Gasteiger partial charge in [0.2, 0.25) is 0 Å². The molecule has 3 unspecified atom stereocenters. The van der Waals surface area contributed by atoms with Gasteiger partial charge in [-0.25, -0.2) is 4.57 Å². The number of hydrogen-bond acceptors (Lipinski definition) is 10. The van der Waals surface area contributed by atoms with Gasteiger partial charge in [0, 0.05) is 12.8 Å². The van der Waals surface area contributed by atoms with Gasteiger partial charge in [-0.05, 0) is 70.6 Å². The Kier molecular flexibility index (Phi) is 46.1. The number of carbonyl (C=O) groups excluding carboxylic acids is 3. The zero-order valence-corrected chi connectivity index (χ0v) is 42.5. The summed E-state index contributed by atoms with van der Waals surface area (Å²) < 4.78 is 39.2. The van der Waals surface area contributed by atoms with E-state index in [0.717, 1.165) is 83.5 Å². The SMILES string of the molecule is CC/C=C\C/C=C\C/C=C\C/C=C\C/C=C\CC(=O)OCC(COP(=O)(O)OCC(CO)OC(=O)CCCCCCCCCCCCC)OC(=O)CCCCCCC/C=C\CCCCCC. The molecule has 380 valence electrons. The summed E-state index contributed by atoms with van der Waals surface area (Å²) in [7, 11) is -4.76. The zero-order valence-electron chi connectivity index (χ0n) is 41.6. The lowest BCUT2D eigenvalue weighted by molar-refractivity contribution is -0.161. The smallest absolute Gasteiger partial charge is 0.461 e. The van der Waals surface area contributed by atoms with E-state index in [-0.39, 0.29) is 19.3 Å². The number of carbonyl (C=O) groups is 3. The van der Waals surface area contributed by atoms with Gasteiger partial charge in [0.25, 0.3) is 0 Å². The maximum absolute atomic E-state index is 12.8. The summed E-state index contributed by atoms with van der Waals surface area (Å²) in [5.41, 5.74) is 0. The lowest BCUT2D eigenvalue weighted by Gasteiger charge is -2.21. The van der Waals surface area contributed by atoms with Gasteiger partial charge in [-0.15, -0.1) is 0 Å². The summed E-state index contributed by atoms with van der Waals surface area (Å²) in [6.45, 7) is 4.37. The van der Waals surface area contributed by atoms with Crippen LogP contribution in [0.3, 0.4) is 0 Å². The molecule has 0 bridgehead atoms. The molecule has 0 aromatic carbocycles. The number of phosphoric ester groups is 1. The third kappa shape index (κ3) is 46.0. The van der Waals surface area contributed by atoms with Crippen molar-refractivity contribution in [2.45, 2.75) is 226 Å². The van der Waals surface area contributed by atoms with Crippen LogP contribution >= 0.6 is 7.82 Å². The fraction of sp³-hybridized carbons (Fsp3) is 0.722. The van der Waals surface area contributed by atoms with Crippen molar-refractivity contribution in [3.63, 3.8) is 0 Å². The minimum absolute atomic E-state index is 0.00801. The van der Waals surface area contributed by atoms with E-state index in [9.17, 15) is 28.9 Å². The standard InChI is InChI=1S/C54H93O11P/c1-4-7-10-13-16-19-22-24-25-27-29-31-34-37-40-43-52(56)61-47-51(65-54(58)45-42-39-36-33-30-26-23-20-17-14-11-8-5-2)49-63-66(59,60)62-48-50(46-55)64-53(57)44-41-38-35-32-28-21-18-15-12-9-6-3/h7,10,16,19-20,23-25,29,31,37,40,50-51,55H,4-6,8-9,11-15,17-18,21-22,26-28,30,32-36,38-39,41-49H2,1-3H3,(H,59,60)/b10-7-,19-16-,23-20-,25-24-,31-29-,40-37-. The summed E-state index contributed by atoms with van der Waals surface area (Å²) >= 11 is 0. The lowest BCUT2D eigenvalue weighted by atomic mass is 10.1. The van der Waals surface area contributed by atoms with Crippen molar-refractivity contribution in [3.8, 4) is 0 Å². The zero-order chi connectivity index (χ0) is 48.4. The molecule has 0 aliphatic heterocycles. The number of aliphatic hydroxyl groups is 1. The Morgan fingerprint density at radius 3 is 1.29 bits per heavy atom. The van der Waals surface area contributed by atoms with E-state index in [1.54, 1.807) is 6.08 Å². The van der Waals surface area contributed by atoms with Crippen LogP contribution in [0.5, 0.6) is 0 Å². The molecule has 0 spiro atoms. The number of phosphoric acid groups is 1. The average molecular weight is 949 g/mol. The van der Waals surface area contributed by atoms with E-state index in [0.29, 0.717) is 19.3 Å². The molecule has 0 heterocycles. The quantitative estimate of drug-likeness (QED) is 0.0197. The number of esters is 3. The molecule has 0 aromatic heterocycles. The van der Waals surface area contributed by atoms with Gasteiger partial charge >= 0.3 is 25.7 Å². The minimum atomic E-state index is -4.76. The van der Waals surface area contributed by atoms with E-state index < -0.39 is 64.4 Å². The second-order valence-corrected chi connectivity index (χ2v) is 18.4. The van der Waals surface area contributed by atoms with Crippen LogP contribution in [0.25, 0.3) is 0 Å². The van der Waals surface area contributed by atoms with Crippen LogP contribution in [0.15, 0.2) is 72.9 Å². The number of aliphatic hydroxyl groups excluding tert-OH is 1. The van der Waals surface area contributed by atoms with Crippen LogP contribution in [0.2, 0.25) is 0 Å². The van der Waals surface area contributed by atoms with E-state index in [1.807, 2.05) is 12.2 Å². The average Bonchev–Trinajstić information content (AvgIpc) is 3.30. The second kappa shape index (κ2) is 48.4. The highest BCUT2D eigenvalue weighted by atomic mass is 31.2. The molecule has 0 rings (SSSR count). The van der Waals surface area contributed by atoms with Gasteiger partial charge in [-0.1, -0.05) is 196 Å². The molecule has 12 heteroatoms. The Bertz CT molecular complexity index is 1390. The monoisotopic (exact) mass is 949 g/mol. The summed E-state index contributed by atoms with van der Waals surface area (Å²) in [6, 6.07) is 0. The highest BCUT2D eigenvalue weighted by molar-refractivity contribution is 7.47. The van der Waals surface area contributed by atoms with Crippen molar-refractivity contribution < 1.29 is 52.2 Å². The molecule has 0 saturated carbocycles. The Morgan fingerprint density at radius 1 is 0.455 bits per heavy atom. The molecule has 11 nitrogen and oxygen atoms in total. The summed E-state index contributed by atoms with van der Waals surface area (Å²) in [5, 5.41) is 9.76. The van der Waals surface area contributed by atoms with Crippen molar-refractivity contribution in [2.24, 2.45) is 0 Å². The highest BCUT2D eigenvalue weighted by Crippen LogP contribution is 2.43. The molecule has 0 fully saturated rings. The number of unbranched alkanes of at least 4 members (excludes halogenated alkanes) is 19. The molecule has 3 atom stereocenters. The molecule has 2 N–H and O–H groups in total. The minimum Gasteiger partial charge on any atom is -0.461 e. The third-order valence-corrected chi connectivity index (χ3v) is 11.6. The number of hydrogen-bond donors (Lipinski definition) is 2. The first-order valence-electron chi connectivity index (χ1n) is 25.8. The van der Waals surface area contributed by atoms with Crippen molar-refractivity contribution in [1.29, 1.82) is 0 Å². The normalized spacial score (nSPS) is 14.1. The van der Waals surface area contributed by atoms with Gasteiger partial charge in [0.05, 0.1) is 26.2 Å². The van der Waals surface area contributed by atoms with Crippen molar-refractivity contribution in [2.75, 3.05) is 26.4 Å². The topological polar surface area (TPSA) is 155 Å². The van der Waals surface area contributed by atoms with Gasteiger partial charge in [0.1, 0.15) is 12.7 Å². The van der Waals surface area contributed by atoms with Gasteiger partial charge < -0.3 is 24.2 Å². The van der Waals surface area contributed by atoms with Crippen molar-refractivity contribution in [3.05, 3.63) is 72.9 Å². The van der Waals surface area contributed by atoms with Crippen LogP contribution in [0.4, 0.5) is 0 Å². The molecule has 0 amide bonds. The molecular formula is C54H93O11P. The molecule has 0 saturated heterocycles. The van der Waals surface area contributed by atoms with Crippen LogP contribution in [-0.2, 0) is 42.2 Å². The van der Waals surface area contributed by atoms with E-state index in [4.69, 9.17) is 23.3 Å². The van der Waals surface area contributed by atoms with E-state index in [2.05, 4.69) is 75.5 Å². The molecule has 0 aliphatic rings. The lowest BCUT2D eigenvalue weighted by Crippen LogP contribution is -2.30. The number of rotatable bonds is 47. The first kappa shape index (κ1) is 62.9. The second-order valence-electron chi connectivity index (χ2n) is 17.0. The fourth-order valence-corrected chi connectivity index (χ4v) is 7.50. The van der Waals surface area contributed by atoms with Crippen LogP contribution in [0.1, 0.15) is 213 Å². The molecule has 0 aromatic rings. The molecule has 66 heavy (non-hydrogen) atoms. The van der Waals surface area contributed by atoms with E-state index >= 15 is 0 Å². The Balaban J connectivity index is 4.87. The number of allylic oxidation sites excluding steroid dienone is 11. The van der Waals surface area contributed by atoms with Gasteiger partial charge in [-0.3, -0.25) is 23.4 Å². The van der Waals surface area contributed by atoms with Crippen molar-refractivity contribution in [1.82, 2.24) is 0 Å². The predicted octanol–water partition coefficient (Wildman–Crippen LogP) is 14.6. The number of ether oxygens (including phenoxy) is 3. The third-order valence-electron chi connectivity index (χ3n) is 10.6. The molecule has 0 radical (unpaired) electrons. The van der Waals surface area contributed by atoms with Gasteiger partial charge in [0.15, 0.2) is 6.10 Å². The van der Waals surface area contributed by atoms with E-state index in [1.165, 1.54) is 70.6 Å². The Morgan fingerprint density at radius 2 is 0.833 bits per heavy atom.